The van der Waals surface area contributed by atoms with Crippen molar-refractivity contribution in [3.05, 3.63) is 0 Å². The van der Waals surface area contributed by atoms with Crippen LogP contribution >= 0.6 is 0 Å². The van der Waals surface area contributed by atoms with Gasteiger partial charge in [0.25, 0.3) is 0 Å². The molecule has 0 fully saturated rings. The van der Waals surface area contributed by atoms with Gasteiger partial charge in [-0.1, -0.05) is 20.8 Å². The molecule has 0 aliphatic carbocycles. The van der Waals surface area contributed by atoms with Crippen molar-refractivity contribution in [2.75, 3.05) is 26.4 Å². The molecule has 0 radical (unpaired) electrons. The first-order chi connectivity index (χ1) is 7.74. The molecule has 4 heteroatoms. The van der Waals surface area contributed by atoms with Crippen molar-refractivity contribution in [3.8, 4) is 0 Å². The van der Waals surface area contributed by atoms with Crippen LogP contribution < -0.4 is 5.32 Å². The smallest absolute Gasteiger partial charge is 0.220 e. The summed E-state index contributed by atoms with van der Waals surface area (Å²) in [6.45, 7) is 8.48. The van der Waals surface area contributed by atoms with E-state index in [0.717, 1.165) is 26.1 Å². The van der Waals surface area contributed by atoms with Gasteiger partial charge in [-0.15, -0.1) is 0 Å². The first-order valence-electron chi connectivity index (χ1n) is 6.19. The second-order valence-corrected chi connectivity index (χ2v) is 3.77. The zero-order valence-corrected chi connectivity index (χ0v) is 10.8. The van der Waals surface area contributed by atoms with E-state index >= 15 is 0 Å². The Hall–Kier alpha value is -0.610. The van der Waals surface area contributed by atoms with Crippen LogP contribution in [0.15, 0.2) is 0 Å². The predicted molar refractivity (Wildman–Crippen MR) is 64.4 cm³/mol. The molecule has 1 amide bonds. The van der Waals surface area contributed by atoms with Crippen molar-refractivity contribution in [2.45, 2.75) is 46.1 Å². The van der Waals surface area contributed by atoms with Crippen LogP contribution in [-0.4, -0.2) is 38.4 Å². The van der Waals surface area contributed by atoms with E-state index in [1.165, 1.54) is 0 Å². The van der Waals surface area contributed by atoms with Crippen LogP contribution in [0.5, 0.6) is 0 Å². The van der Waals surface area contributed by atoms with E-state index in [2.05, 4.69) is 19.2 Å². The molecule has 4 nitrogen and oxygen atoms in total. The molecule has 0 saturated carbocycles. The third kappa shape index (κ3) is 8.68. The van der Waals surface area contributed by atoms with Crippen LogP contribution in [0.1, 0.15) is 40.0 Å². The van der Waals surface area contributed by atoms with Crippen LogP contribution in [0.2, 0.25) is 0 Å². The summed E-state index contributed by atoms with van der Waals surface area (Å²) >= 11 is 0. The highest BCUT2D eigenvalue weighted by molar-refractivity contribution is 5.75. The van der Waals surface area contributed by atoms with Crippen molar-refractivity contribution in [2.24, 2.45) is 0 Å². The monoisotopic (exact) mass is 231 g/mol. The average molecular weight is 231 g/mol. The molecule has 0 saturated heterocycles. The minimum atomic E-state index is -0.0226. The van der Waals surface area contributed by atoms with E-state index in [-0.39, 0.29) is 11.9 Å². The van der Waals surface area contributed by atoms with E-state index in [9.17, 15) is 4.79 Å². The zero-order chi connectivity index (χ0) is 12.2. The predicted octanol–water partition coefficient (Wildman–Crippen LogP) is 1.73. The molecular weight excluding hydrogens is 206 g/mol. The summed E-state index contributed by atoms with van der Waals surface area (Å²) in [6.07, 6.45) is 2.48. The Morgan fingerprint density at radius 3 is 1.94 bits per heavy atom. The Balaban J connectivity index is 3.80. The summed E-state index contributed by atoms with van der Waals surface area (Å²) in [5, 5.41) is 2.90. The summed E-state index contributed by atoms with van der Waals surface area (Å²) in [5.74, 6) is 0.0465. The molecule has 0 aromatic rings. The fourth-order valence-corrected chi connectivity index (χ4v) is 1.20. The van der Waals surface area contributed by atoms with Gasteiger partial charge in [-0.2, -0.15) is 0 Å². The quantitative estimate of drug-likeness (QED) is 0.582. The summed E-state index contributed by atoms with van der Waals surface area (Å²) in [5.41, 5.74) is 0. The van der Waals surface area contributed by atoms with Gasteiger partial charge in [-0.25, -0.2) is 0 Å². The van der Waals surface area contributed by atoms with Crippen LogP contribution in [0, 0.1) is 0 Å². The van der Waals surface area contributed by atoms with Crippen molar-refractivity contribution in [3.63, 3.8) is 0 Å². The van der Waals surface area contributed by atoms with Crippen molar-refractivity contribution >= 4 is 5.91 Å². The van der Waals surface area contributed by atoms with Gasteiger partial charge in [0.2, 0.25) is 5.91 Å². The molecule has 0 aliphatic heterocycles. The summed E-state index contributed by atoms with van der Waals surface area (Å²) in [4.78, 5) is 11.3. The molecule has 0 rings (SSSR count). The third-order valence-electron chi connectivity index (χ3n) is 2.02. The van der Waals surface area contributed by atoms with Crippen molar-refractivity contribution in [1.82, 2.24) is 5.32 Å². The largest absolute Gasteiger partial charge is 0.379 e. The molecule has 0 bridgehead atoms. The fourth-order valence-electron chi connectivity index (χ4n) is 1.20. The maximum atomic E-state index is 11.3. The Labute approximate surface area is 98.7 Å². The lowest BCUT2D eigenvalue weighted by molar-refractivity contribution is -0.122. The molecule has 0 atom stereocenters. The van der Waals surface area contributed by atoms with Crippen molar-refractivity contribution < 1.29 is 14.3 Å². The first kappa shape index (κ1) is 15.4. The van der Waals surface area contributed by atoms with E-state index < -0.39 is 0 Å². The van der Waals surface area contributed by atoms with Gasteiger partial charge in [-0.3, -0.25) is 4.79 Å². The van der Waals surface area contributed by atoms with Gasteiger partial charge in [0.1, 0.15) is 0 Å². The molecular formula is C12H25NO3. The second-order valence-electron chi connectivity index (χ2n) is 3.77. The third-order valence-corrected chi connectivity index (χ3v) is 2.02. The maximum absolute atomic E-state index is 11.3. The Bertz CT molecular complexity index is 164. The number of nitrogens with one attached hydrogen (secondary N) is 1. The van der Waals surface area contributed by atoms with Crippen LogP contribution in [0.3, 0.4) is 0 Å². The Morgan fingerprint density at radius 1 is 1.06 bits per heavy atom. The van der Waals surface area contributed by atoms with E-state index in [4.69, 9.17) is 9.47 Å². The van der Waals surface area contributed by atoms with Gasteiger partial charge in [0.15, 0.2) is 0 Å². The van der Waals surface area contributed by atoms with Crippen LogP contribution in [-0.2, 0) is 14.3 Å². The fraction of sp³-hybridized carbons (Fsp3) is 0.917. The van der Waals surface area contributed by atoms with E-state index in [0.29, 0.717) is 19.6 Å². The molecule has 16 heavy (non-hydrogen) atoms. The van der Waals surface area contributed by atoms with Crippen LogP contribution in [0.25, 0.3) is 0 Å². The second kappa shape index (κ2) is 10.9. The number of carbonyl (C=O) groups is 1. The molecule has 0 unspecified atom stereocenters. The number of rotatable bonds is 10. The molecule has 0 heterocycles. The lowest BCUT2D eigenvalue weighted by Crippen LogP contribution is -2.41. The summed E-state index contributed by atoms with van der Waals surface area (Å²) in [7, 11) is 0. The summed E-state index contributed by atoms with van der Waals surface area (Å²) in [6, 6.07) is -0.0226. The Morgan fingerprint density at radius 2 is 1.56 bits per heavy atom. The maximum Gasteiger partial charge on any atom is 0.220 e. The molecule has 0 aromatic carbocycles. The number of hydrogen-bond donors (Lipinski definition) is 1. The highest BCUT2D eigenvalue weighted by atomic mass is 16.5. The average Bonchev–Trinajstić information content (AvgIpc) is 2.29. The molecule has 0 spiro atoms. The SMILES string of the molecule is CCCOCC(COCCC)NC(=O)CC. The highest BCUT2D eigenvalue weighted by Crippen LogP contribution is 1.93. The number of amides is 1. The van der Waals surface area contributed by atoms with Gasteiger partial charge in [0.05, 0.1) is 19.3 Å². The van der Waals surface area contributed by atoms with Gasteiger partial charge < -0.3 is 14.8 Å². The Kier molecular flexibility index (Phi) is 10.5. The summed E-state index contributed by atoms with van der Waals surface area (Å²) < 4.78 is 10.9. The minimum absolute atomic E-state index is 0.0226. The van der Waals surface area contributed by atoms with Crippen molar-refractivity contribution in [1.29, 1.82) is 0 Å². The van der Waals surface area contributed by atoms with Crippen LogP contribution in [0.4, 0.5) is 0 Å². The standard InChI is InChI=1S/C12H25NO3/c1-4-7-15-9-11(10-16-8-5-2)13-12(14)6-3/h11H,4-10H2,1-3H3,(H,13,14). The molecule has 96 valence electrons. The van der Waals surface area contributed by atoms with Gasteiger partial charge in [-0.05, 0) is 12.8 Å². The molecule has 0 aromatic heterocycles. The number of hydrogen-bond acceptors (Lipinski definition) is 3. The normalized spacial score (nSPS) is 10.8. The first-order valence-corrected chi connectivity index (χ1v) is 6.19. The number of carbonyl (C=O) groups excluding carboxylic acids is 1. The lowest BCUT2D eigenvalue weighted by Gasteiger charge is -2.18. The van der Waals surface area contributed by atoms with Gasteiger partial charge in [0, 0.05) is 19.6 Å². The minimum Gasteiger partial charge on any atom is -0.379 e. The zero-order valence-electron chi connectivity index (χ0n) is 10.8. The number of ether oxygens (including phenoxy) is 2. The lowest BCUT2D eigenvalue weighted by atomic mass is 10.3. The molecule has 0 aliphatic rings. The highest BCUT2D eigenvalue weighted by Gasteiger charge is 2.11. The van der Waals surface area contributed by atoms with E-state index in [1.807, 2.05) is 6.92 Å². The van der Waals surface area contributed by atoms with E-state index in [1.54, 1.807) is 0 Å². The topological polar surface area (TPSA) is 47.6 Å². The molecule has 1 N–H and O–H groups in total. The van der Waals surface area contributed by atoms with Gasteiger partial charge >= 0.3 is 0 Å².